The molecule has 0 radical (unpaired) electrons. The van der Waals surface area contributed by atoms with E-state index in [0.29, 0.717) is 13.2 Å². The lowest BCUT2D eigenvalue weighted by Crippen LogP contribution is -2.01. The zero-order valence-corrected chi connectivity index (χ0v) is 23.6. The van der Waals surface area contributed by atoms with Gasteiger partial charge in [-0.05, 0) is 96.2 Å². The van der Waals surface area contributed by atoms with Gasteiger partial charge < -0.3 is 9.47 Å². The summed E-state index contributed by atoms with van der Waals surface area (Å²) >= 11 is 0. The van der Waals surface area contributed by atoms with Crippen molar-refractivity contribution in [1.29, 1.82) is 0 Å². The predicted octanol–water partition coefficient (Wildman–Crippen LogP) is 9.81. The fourth-order valence-corrected chi connectivity index (χ4v) is 4.76. The minimum atomic E-state index is 0.553. The Morgan fingerprint density at radius 3 is 1.68 bits per heavy atom. The molecule has 0 atom stereocenters. The van der Waals surface area contributed by atoms with E-state index in [0.717, 1.165) is 24.3 Å². The van der Waals surface area contributed by atoms with Crippen LogP contribution in [0.15, 0.2) is 84.9 Å². The third-order valence-electron chi connectivity index (χ3n) is 7.10. The molecule has 198 valence electrons. The summed E-state index contributed by atoms with van der Waals surface area (Å²) in [6.45, 7) is 9.83. The number of ether oxygens (including phenoxy) is 2. The van der Waals surface area contributed by atoms with Crippen LogP contribution in [0.25, 0.3) is 11.1 Å². The SMILES string of the molecule is CCCCc1ccc(C)cc1OCc1ccc(-c2ccccc2COc2cc(C)ccc2CCCC)cc1. The predicted molar refractivity (Wildman–Crippen MR) is 160 cm³/mol. The van der Waals surface area contributed by atoms with Gasteiger partial charge in [-0.1, -0.05) is 99.5 Å². The molecule has 0 saturated heterocycles. The van der Waals surface area contributed by atoms with Crippen LogP contribution in [-0.4, -0.2) is 0 Å². The van der Waals surface area contributed by atoms with E-state index in [1.807, 2.05) is 0 Å². The third kappa shape index (κ3) is 7.51. The molecule has 4 aromatic carbocycles. The summed E-state index contributed by atoms with van der Waals surface area (Å²) in [4.78, 5) is 0. The van der Waals surface area contributed by atoms with Crippen molar-refractivity contribution in [1.82, 2.24) is 0 Å². The lowest BCUT2D eigenvalue weighted by atomic mass is 9.99. The van der Waals surface area contributed by atoms with Crippen LogP contribution in [0.4, 0.5) is 0 Å². The molecule has 0 aliphatic carbocycles. The number of hydrogen-bond donors (Lipinski definition) is 0. The number of aryl methyl sites for hydroxylation is 4. The first-order chi connectivity index (χ1) is 18.6. The molecule has 0 heterocycles. The van der Waals surface area contributed by atoms with Gasteiger partial charge in [0.1, 0.15) is 24.7 Å². The minimum absolute atomic E-state index is 0.553. The molecule has 0 amide bonds. The van der Waals surface area contributed by atoms with Crippen LogP contribution in [0.2, 0.25) is 0 Å². The molecule has 0 saturated carbocycles. The molecule has 38 heavy (non-hydrogen) atoms. The molecule has 4 rings (SSSR count). The smallest absolute Gasteiger partial charge is 0.123 e. The van der Waals surface area contributed by atoms with Gasteiger partial charge in [-0.25, -0.2) is 0 Å². The summed E-state index contributed by atoms with van der Waals surface area (Å²) in [6, 6.07) is 30.4. The summed E-state index contributed by atoms with van der Waals surface area (Å²) in [6.07, 6.45) is 6.85. The van der Waals surface area contributed by atoms with Crippen molar-refractivity contribution < 1.29 is 9.47 Å². The Morgan fingerprint density at radius 2 is 1.11 bits per heavy atom. The molecule has 0 N–H and O–H groups in total. The van der Waals surface area contributed by atoms with E-state index in [-0.39, 0.29) is 0 Å². The molecule has 0 aromatic heterocycles. The molecule has 0 unspecified atom stereocenters. The van der Waals surface area contributed by atoms with Crippen LogP contribution in [0.3, 0.4) is 0 Å². The second kappa shape index (κ2) is 13.9. The van der Waals surface area contributed by atoms with Crippen LogP contribution < -0.4 is 9.47 Å². The molecule has 2 heteroatoms. The first-order valence-corrected chi connectivity index (χ1v) is 14.2. The topological polar surface area (TPSA) is 18.5 Å². The van der Waals surface area contributed by atoms with Gasteiger partial charge in [0, 0.05) is 0 Å². The molecule has 0 aliphatic rings. The van der Waals surface area contributed by atoms with Gasteiger partial charge in [-0.3, -0.25) is 0 Å². The summed E-state index contributed by atoms with van der Waals surface area (Å²) in [5.74, 6) is 2.02. The molecule has 0 aliphatic heterocycles. The van der Waals surface area contributed by atoms with Crippen LogP contribution in [0.1, 0.15) is 72.9 Å². The quantitative estimate of drug-likeness (QED) is 0.180. The van der Waals surface area contributed by atoms with Gasteiger partial charge in [-0.2, -0.15) is 0 Å². The van der Waals surface area contributed by atoms with Crippen molar-refractivity contribution in [2.75, 3.05) is 0 Å². The Balaban J connectivity index is 1.45. The van der Waals surface area contributed by atoms with Gasteiger partial charge >= 0.3 is 0 Å². The van der Waals surface area contributed by atoms with Crippen molar-refractivity contribution in [2.24, 2.45) is 0 Å². The lowest BCUT2D eigenvalue weighted by Gasteiger charge is -2.15. The van der Waals surface area contributed by atoms with Gasteiger partial charge in [0.2, 0.25) is 0 Å². The highest BCUT2D eigenvalue weighted by Gasteiger charge is 2.10. The second-order valence-electron chi connectivity index (χ2n) is 10.4. The van der Waals surface area contributed by atoms with Crippen molar-refractivity contribution in [3.8, 4) is 22.6 Å². The zero-order chi connectivity index (χ0) is 26.7. The van der Waals surface area contributed by atoms with Crippen LogP contribution in [0.5, 0.6) is 11.5 Å². The van der Waals surface area contributed by atoms with Crippen molar-refractivity contribution in [2.45, 2.75) is 79.4 Å². The fourth-order valence-electron chi connectivity index (χ4n) is 4.76. The normalized spacial score (nSPS) is 10.9. The monoisotopic (exact) mass is 506 g/mol. The van der Waals surface area contributed by atoms with Crippen molar-refractivity contribution >= 4 is 0 Å². The standard InChI is InChI=1S/C36H42O2/c1-5-7-11-31-19-15-27(3)23-35(31)37-25-29-17-21-30(22-18-29)34-14-10-9-13-33(34)26-38-36-24-28(4)16-20-32(36)12-8-6-2/h9-10,13-24H,5-8,11-12,25-26H2,1-4H3. The van der Waals surface area contributed by atoms with Crippen LogP contribution in [0, 0.1) is 13.8 Å². The van der Waals surface area contributed by atoms with E-state index in [9.17, 15) is 0 Å². The Bertz CT molecular complexity index is 1300. The number of hydrogen-bond acceptors (Lipinski definition) is 2. The maximum absolute atomic E-state index is 6.40. The van der Waals surface area contributed by atoms with Gasteiger partial charge in [-0.15, -0.1) is 0 Å². The van der Waals surface area contributed by atoms with Crippen molar-refractivity contribution in [3.05, 3.63) is 118 Å². The summed E-state index contributed by atoms with van der Waals surface area (Å²) < 4.78 is 12.7. The first-order valence-electron chi connectivity index (χ1n) is 14.2. The molecule has 2 nitrogen and oxygen atoms in total. The lowest BCUT2D eigenvalue weighted by molar-refractivity contribution is 0.302. The Hall–Kier alpha value is -3.52. The average molecular weight is 507 g/mol. The largest absolute Gasteiger partial charge is 0.489 e. The van der Waals surface area contributed by atoms with Crippen molar-refractivity contribution in [3.63, 3.8) is 0 Å². The first kappa shape index (κ1) is 27.5. The molecule has 0 spiro atoms. The van der Waals surface area contributed by atoms with E-state index in [2.05, 4.69) is 113 Å². The van der Waals surface area contributed by atoms with Crippen LogP contribution >= 0.6 is 0 Å². The third-order valence-corrected chi connectivity index (χ3v) is 7.10. The highest BCUT2D eigenvalue weighted by molar-refractivity contribution is 5.67. The Kier molecular flexibility index (Phi) is 10.0. The molecule has 4 aromatic rings. The van der Waals surface area contributed by atoms with Crippen LogP contribution in [-0.2, 0) is 26.1 Å². The number of benzene rings is 4. The maximum atomic E-state index is 6.40. The highest BCUT2D eigenvalue weighted by Crippen LogP contribution is 2.29. The van der Waals surface area contributed by atoms with E-state index in [4.69, 9.17) is 9.47 Å². The molecular weight excluding hydrogens is 464 g/mol. The van der Waals surface area contributed by atoms with E-state index >= 15 is 0 Å². The Morgan fingerprint density at radius 1 is 0.553 bits per heavy atom. The summed E-state index contributed by atoms with van der Waals surface area (Å²) in [7, 11) is 0. The zero-order valence-electron chi connectivity index (χ0n) is 23.6. The van der Waals surface area contributed by atoms with E-state index in [1.54, 1.807) is 0 Å². The number of rotatable bonds is 13. The van der Waals surface area contributed by atoms with E-state index < -0.39 is 0 Å². The average Bonchev–Trinajstić information content (AvgIpc) is 2.94. The van der Waals surface area contributed by atoms with E-state index in [1.165, 1.54) is 70.2 Å². The fraction of sp³-hybridized carbons (Fsp3) is 0.333. The summed E-state index contributed by atoms with van der Waals surface area (Å²) in [5, 5.41) is 0. The highest BCUT2D eigenvalue weighted by atomic mass is 16.5. The Labute approximate surface area is 229 Å². The minimum Gasteiger partial charge on any atom is -0.489 e. The molecular formula is C36H42O2. The van der Waals surface area contributed by atoms with Gasteiger partial charge in [0.25, 0.3) is 0 Å². The summed E-state index contributed by atoms with van der Waals surface area (Å²) in [5.41, 5.74) is 9.84. The van der Waals surface area contributed by atoms with Gasteiger partial charge in [0.15, 0.2) is 0 Å². The van der Waals surface area contributed by atoms with Gasteiger partial charge in [0.05, 0.1) is 0 Å². The number of unbranched alkanes of at least 4 members (excludes halogenated alkanes) is 2. The molecule has 0 bridgehead atoms. The molecule has 0 fully saturated rings. The second-order valence-corrected chi connectivity index (χ2v) is 10.4. The maximum Gasteiger partial charge on any atom is 0.123 e.